The van der Waals surface area contributed by atoms with E-state index in [4.69, 9.17) is 0 Å². The maximum atomic E-state index is 12.4. The van der Waals surface area contributed by atoms with E-state index in [1.165, 1.54) is 11.6 Å². The molecule has 2 N–H and O–H groups in total. The molecule has 5 heteroatoms. The molecular weight excluding hydrogens is 304 g/mol. The summed E-state index contributed by atoms with van der Waals surface area (Å²) in [6.45, 7) is 2.43. The molecule has 1 atom stereocenters. The Kier molecular flexibility index (Phi) is 4.51. The van der Waals surface area contributed by atoms with Crippen LogP contribution in [0, 0.1) is 5.92 Å². The van der Waals surface area contributed by atoms with Gasteiger partial charge in [-0.25, -0.2) is 0 Å². The summed E-state index contributed by atoms with van der Waals surface area (Å²) >= 11 is 0. The fourth-order valence-corrected chi connectivity index (χ4v) is 2.86. The molecule has 1 fully saturated rings. The molecule has 2 aromatic carbocycles. The molecule has 1 unspecified atom stereocenters. The van der Waals surface area contributed by atoms with E-state index in [9.17, 15) is 14.7 Å². The zero-order valence-corrected chi connectivity index (χ0v) is 13.5. The number of nitrogens with zero attached hydrogens (tertiary/aromatic N) is 1. The zero-order valence-electron chi connectivity index (χ0n) is 13.5. The Morgan fingerprint density at radius 1 is 1.21 bits per heavy atom. The van der Waals surface area contributed by atoms with Crippen molar-refractivity contribution in [3.63, 3.8) is 0 Å². The van der Waals surface area contributed by atoms with Gasteiger partial charge in [-0.3, -0.25) is 9.59 Å². The number of carbonyl (C=O) groups is 2. The fraction of sp³-hybridized carbons (Fsp3) is 0.263. The van der Waals surface area contributed by atoms with Crippen molar-refractivity contribution in [1.29, 1.82) is 0 Å². The van der Waals surface area contributed by atoms with Crippen LogP contribution in [0.25, 0.3) is 0 Å². The van der Waals surface area contributed by atoms with Gasteiger partial charge >= 0.3 is 0 Å². The highest BCUT2D eigenvalue weighted by atomic mass is 16.3. The smallest absolute Gasteiger partial charge is 0.229 e. The van der Waals surface area contributed by atoms with E-state index in [0.29, 0.717) is 12.2 Å². The molecule has 1 heterocycles. The number of phenols is 1. The summed E-state index contributed by atoms with van der Waals surface area (Å²) in [4.78, 5) is 26.3. The first-order chi connectivity index (χ1) is 11.6. The van der Waals surface area contributed by atoms with Gasteiger partial charge in [0.15, 0.2) is 0 Å². The van der Waals surface area contributed by atoms with Crippen LogP contribution in [0.15, 0.2) is 48.5 Å². The van der Waals surface area contributed by atoms with Crippen LogP contribution in [0.1, 0.15) is 18.9 Å². The van der Waals surface area contributed by atoms with E-state index in [1.807, 2.05) is 24.3 Å². The van der Waals surface area contributed by atoms with Gasteiger partial charge in [0.25, 0.3) is 0 Å². The second-order valence-electron chi connectivity index (χ2n) is 5.93. The third kappa shape index (κ3) is 3.25. The van der Waals surface area contributed by atoms with E-state index in [1.54, 1.807) is 23.1 Å². The average Bonchev–Trinajstić information content (AvgIpc) is 2.99. The van der Waals surface area contributed by atoms with Crippen LogP contribution in [0.2, 0.25) is 0 Å². The van der Waals surface area contributed by atoms with Crippen molar-refractivity contribution in [2.75, 3.05) is 16.8 Å². The van der Waals surface area contributed by atoms with Crippen LogP contribution in [-0.4, -0.2) is 23.5 Å². The minimum atomic E-state index is -0.428. The van der Waals surface area contributed by atoms with Crippen molar-refractivity contribution < 1.29 is 14.7 Å². The Morgan fingerprint density at radius 2 is 1.92 bits per heavy atom. The monoisotopic (exact) mass is 324 g/mol. The Labute approximate surface area is 140 Å². The molecule has 0 radical (unpaired) electrons. The zero-order chi connectivity index (χ0) is 17.1. The molecule has 1 aliphatic rings. The van der Waals surface area contributed by atoms with Gasteiger partial charge in [-0.15, -0.1) is 0 Å². The molecule has 1 aliphatic heterocycles. The number of hydrogen-bond donors (Lipinski definition) is 2. The molecule has 1 saturated heterocycles. The van der Waals surface area contributed by atoms with Gasteiger partial charge in [0.1, 0.15) is 5.75 Å². The molecule has 3 rings (SSSR count). The number of nitrogens with one attached hydrogen (secondary N) is 1. The third-order valence-electron chi connectivity index (χ3n) is 4.31. The summed E-state index contributed by atoms with van der Waals surface area (Å²) in [5.74, 6) is -0.723. The summed E-state index contributed by atoms with van der Waals surface area (Å²) in [5.41, 5.74) is 2.38. The standard InChI is InChI=1S/C19H20N2O3/c1-2-13-7-9-15(10-8-13)21-12-14(11-18(21)23)19(24)20-16-5-3-4-6-17(16)22/h3-10,14,22H,2,11-12H2,1H3,(H,20,24). The maximum absolute atomic E-state index is 12.4. The first-order valence-corrected chi connectivity index (χ1v) is 8.06. The predicted octanol–water partition coefficient (Wildman–Crippen LogP) is 2.95. The highest BCUT2D eigenvalue weighted by Crippen LogP contribution is 2.28. The quantitative estimate of drug-likeness (QED) is 0.850. The van der Waals surface area contributed by atoms with Gasteiger partial charge in [-0.2, -0.15) is 0 Å². The Morgan fingerprint density at radius 3 is 2.58 bits per heavy atom. The summed E-state index contributed by atoms with van der Waals surface area (Å²) in [5, 5.41) is 12.4. The highest BCUT2D eigenvalue weighted by Gasteiger charge is 2.35. The number of benzene rings is 2. The van der Waals surface area contributed by atoms with E-state index in [2.05, 4.69) is 12.2 Å². The van der Waals surface area contributed by atoms with Crippen molar-refractivity contribution in [2.24, 2.45) is 5.92 Å². The van der Waals surface area contributed by atoms with E-state index in [0.717, 1.165) is 12.1 Å². The minimum absolute atomic E-state index is 0.0159. The summed E-state index contributed by atoms with van der Waals surface area (Å²) in [6.07, 6.45) is 1.12. The molecule has 0 spiro atoms. The van der Waals surface area contributed by atoms with Crippen molar-refractivity contribution >= 4 is 23.2 Å². The largest absolute Gasteiger partial charge is 0.506 e. The lowest BCUT2D eigenvalue weighted by Crippen LogP contribution is -2.28. The van der Waals surface area contributed by atoms with Crippen molar-refractivity contribution in [3.8, 4) is 5.75 Å². The second kappa shape index (κ2) is 6.74. The average molecular weight is 324 g/mol. The van der Waals surface area contributed by atoms with Crippen molar-refractivity contribution in [1.82, 2.24) is 0 Å². The summed E-state index contributed by atoms with van der Waals surface area (Å²) in [6, 6.07) is 14.4. The highest BCUT2D eigenvalue weighted by molar-refractivity contribution is 6.03. The Bertz CT molecular complexity index is 755. The number of anilines is 2. The number of phenolic OH excluding ortho intramolecular Hbond substituents is 1. The van der Waals surface area contributed by atoms with Crippen LogP contribution < -0.4 is 10.2 Å². The fourth-order valence-electron chi connectivity index (χ4n) is 2.86. The first-order valence-electron chi connectivity index (χ1n) is 8.06. The first kappa shape index (κ1) is 16.1. The van der Waals surface area contributed by atoms with Crippen molar-refractivity contribution in [3.05, 3.63) is 54.1 Å². The molecule has 0 aromatic heterocycles. The van der Waals surface area contributed by atoms with Crippen LogP contribution in [0.4, 0.5) is 11.4 Å². The van der Waals surface area contributed by atoms with Gasteiger partial charge in [0.05, 0.1) is 11.6 Å². The number of amides is 2. The number of rotatable bonds is 4. The Hall–Kier alpha value is -2.82. The predicted molar refractivity (Wildman–Crippen MR) is 93.0 cm³/mol. The summed E-state index contributed by atoms with van der Waals surface area (Å²) < 4.78 is 0. The third-order valence-corrected chi connectivity index (χ3v) is 4.31. The molecule has 2 amide bonds. The van der Waals surface area contributed by atoms with Crippen LogP contribution >= 0.6 is 0 Å². The summed E-state index contributed by atoms with van der Waals surface area (Å²) in [7, 11) is 0. The van der Waals surface area contributed by atoms with Crippen LogP contribution in [0.5, 0.6) is 5.75 Å². The molecular formula is C19H20N2O3. The SMILES string of the molecule is CCc1ccc(N2CC(C(=O)Nc3ccccc3O)CC2=O)cc1. The topological polar surface area (TPSA) is 69.6 Å². The van der Waals surface area contributed by atoms with Crippen molar-refractivity contribution in [2.45, 2.75) is 19.8 Å². The van der Waals surface area contributed by atoms with E-state index in [-0.39, 0.29) is 24.0 Å². The normalized spacial score (nSPS) is 17.1. The Balaban J connectivity index is 1.69. The molecule has 0 saturated carbocycles. The van der Waals surface area contributed by atoms with Gasteiger partial charge in [0, 0.05) is 18.7 Å². The van der Waals surface area contributed by atoms with Gasteiger partial charge < -0.3 is 15.3 Å². The van der Waals surface area contributed by atoms with E-state index >= 15 is 0 Å². The molecule has 124 valence electrons. The van der Waals surface area contributed by atoms with Crippen LogP contribution in [0.3, 0.4) is 0 Å². The molecule has 0 bridgehead atoms. The number of para-hydroxylation sites is 2. The van der Waals surface area contributed by atoms with Gasteiger partial charge in [0.2, 0.25) is 11.8 Å². The number of hydrogen-bond acceptors (Lipinski definition) is 3. The lowest BCUT2D eigenvalue weighted by molar-refractivity contribution is -0.122. The molecule has 2 aromatic rings. The van der Waals surface area contributed by atoms with Gasteiger partial charge in [-0.1, -0.05) is 31.2 Å². The molecule has 5 nitrogen and oxygen atoms in total. The number of aromatic hydroxyl groups is 1. The van der Waals surface area contributed by atoms with Crippen LogP contribution in [-0.2, 0) is 16.0 Å². The lowest BCUT2D eigenvalue weighted by atomic mass is 10.1. The second-order valence-corrected chi connectivity index (χ2v) is 5.93. The minimum Gasteiger partial charge on any atom is -0.506 e. The van der Waals surface area contributed by atoms with Gasteiger partial charge in [-0.05, 0) is 36.2 Å². The lowest BCUT2D eigenvalue weighted by Gasteiger charge is -2.17. The number of aryl methyl sites for hydroxylation is 1. The number of carbonyl (C=O) groups excluding carboxylic acids is 2. The molecule has 24 heavy (non-hydrogen) atoms. The maximum Gasteiger partial charge on any atom is 0.229 e. The van der Waals surface area contributed by atoms with E-state index < -0.39 is 5.92 Å². The molecule has 0 aliphatic carbocycles.